The van der Waals surface area contributed by atoms with Crippen molar-refractivity contribution in [3.63, 3.8) is 0 Å². The summed E-state index contributed by atoms with van der Waals surface area (Å²) in [5.74, 6) is -0.748. The molecular formula is C26H30N4O3. The number of rotatable bonds is 5. The molecule has 1 atom stereocenters. The molecule has 7 nitrogen and oxygen atoms in total. The summed E-state index contributed by atoms with van der Waals surface area (Å²) in [5.41, 5.74) is 4.11. The van der Waals surface area contributed by atoms with Crippen molar-refractivity contribution in [2.24, 2.45) is 0 Å². The van der Waals surface area contributed by atoms with E-state index in [1.807, 2.05) is 12.1 Å². The number of benzene rings is 2. The van der Waals surface area contributed by atoms with Crippen molar-refractivity contribution in [2.45, 2.75) is 50.9 Å². The molecule has 3 amide bonds. The van der Waals surface area contributed by atoms with Crippen LogP contribution >= 0.6 is 0 Å². The summed E-state index contributed by atoms with van der Waals surface area (Å²) in [6.07, 6.45) is 2.86. The predicted octanol–water partition coefficient (Wildman–Crippen LogP) is 2.55. The Hall–Kier alpha value is -3.19. The SMILES string of the molecule is CN(Cc1ccccc1)C1CCN(c2ccc3c(c2)CN(C2CCC(=O)NC2=O)C3=O)CC1. The number of imide groups is 1. The Balaban J connectivity index is 1.21. The quantitative estimate of drug-likeness (QED) is 0.715. The normalized spacial score (nSPS) is 21.5. The lowest BCUT2D eigenvalue weighted by molar-refractivity contribution is -0.136. The third-order valence-corrected chi connectivity index (χ3v) is 7.23. The van der Waals surface area contributed by atoms with Gasteiger partial charge in [-0.15, -0.1) is 0 Å². The molecule has 33 heavy (non-hydrogen) atoms. The number of nitrogens with one attached hydrogen (secondary N) is 1. The van der Waals surface area contributed by atoms with Crippen LogP contribution in [0.25, 0.3) is 0 Å². The Morgan fingerprint density at radius 3 is 2.48 bits per heavy atom. The number of hydrogen-bond acceptors (Lipinski definition) is 5. The molecule has 0 aliphatic carbocycles. The number of hydrogen-bond donors (Lipinski definition) is 1. The zero-order valence-corrected chi connectivity index (χ0v) is 19.0. The minimum Gasteiger partial charge on any atom is -0.371 e. The minimum absolute atomic E-state index is 0.118. The summed E-state index contributed by atoms with van der Waals surface area (Å²) in [6, 6.07) is 16.6. The van der Waals surface area contributed by atoms with Gasteiger partial charge in [0.2, 0.25) is 11.8 Å². The van der Waals surface area contributed by atoms with Crippen molar-refractivity contribution < 1.29 is 14.4 Å². The number of amides is 3. The van der Waals surface area contributed by atoms with Crippen LogP contribution < -0.4 is 10.2 Å². The Bertz CT molecular complexity index is 1060. The van der Waals surface area contributed by atoms with Crippen molar-refractivity contribution in [3.05, 3.63) is 65.2 Å². The number of fused-ring (bicyclic) bond motifs is 1. The molecule has 3 aliphatic rings. The lowest BCUT2D eigenvalue weighted by atomic mass is 10.0. The van der Waals surface area contributed by atoms with Gasteiger partial charge in [-0.1, -0.05) is 30.3 Å². The molecule has 0 aromatic heterocycles. The second-order valence-electron chi connectivity index (χ2n) is 9.36. The van der Waals surface area contributed by atoms with E-state index in [1.165, 1.54) is 5.56 Å². The van der Waals surface area contributed by atoms with E-state index in [2.05, 4.69) is 58.6 Å². The van der Waals surface area contributed by atoms with E-state index >= 15 is 0 Å². The van der Waals surface area contributed by atoms with Crippen LogP contribution in [0.4, 0.5) is 5.69 Å². The molecule has 2 aromatic carbocycles. The molecule has 172 valence electrons. The highest BCUT2D eigenvalue weighted by Gasteiger charge is 2.39. The maximum atomic E-state index is 12.9. The van der Waals surface area contributed by atoms with Crippen molar-refractivity contribution >= 4 is 23.4 Å². The van der Waals surface area contributed by atoms with Crippen molar-refractivity contribution in [3.8, 4) is 0 Å². The van der Waals surface area contributed by atoms with E-state index < -0.39 is 6.04 Å². The molecule has 7 heteroatoms. The maximum Gasteiger partial charge on any atom is 0.255 e. The zero-order chi connectivity index (χ0) is 22.9. The molecule has 0 spiro atoms. The van der Waals surface area contributed by atoms with Crippen molar-refractivity contribution in [1.29, 1.82) is 0 Å². The Morgan fingerprint density at radius 2 is 1.76 bits per heavy atom. The average molecular weight is 447 g/mol. The summed E-state index contributed by atoms with van der Waals surface area (Å²) < 4.78 is 0. The lowest BCUT2D eigenvalue weighted by Crippen LogP contribution is -2.52. The van der Waals surface area contributed by atoms with Crippen molar-refractivity contribution in [2.75, 3.05) is 25.0 Å². The van der Waals surface area contributed by atoms with E-state index in [4.69, 9.17) is 0 Å². The van der Waals surface area contributed by atoms with Gasteiger partial charge in [0, 0.05) is 49.9 Å². The van der Waals surface area contributed by atoms with Crippen LogP contribution in [0.15, 0.2) is 48.5 Å². The third kappa shape index (κ3) is 4.37. The minimum atomic E-state index is -0.568. The standard InChI is InChI=1S/C26H30N4O3/c1-28(16-18-5-3-2-4-6-18)20-11-13-29(14-12-20)21-7-8-22-19(15-21)17-30(26(22)33)23-9-10-24(31)27-25(23)32/h2-8,15,20,23H,9-14,16-17H2,1H3,(H,27,31,32). The second kappa shape index (κ2) is 8.98. The van der Waals surface area contributed by atoms with Gasteiger partial charge in [-0.3, -0.25) is 24.6 Å². The Labute approximate surface area is 194 Å². The molecule has 2 saturated heterocycles. The van der Waals surface area contributed by atoms with Gasteiger partial charge in [-0.25, -0.2) is 0 Å². The fraction of sp³-hybridized carbons (Fsp3) is 0.423. The van der Waals surface area contributed by atoms with Gasteiger partial charge in [0.15, 0.2) is 0 Å². The van der Waals surface area contributed by atoms with Gasteiger partial charge in [0.1, 0.15) is 6.04 Å². The lowest BCUT2D eigenvalue weighted by Gasteiger charge is -2.38. The summed E-state index contributed by atoms with van der Waals surface area (Å²) >= 11 is 0. The molecule has 3 aliphatic heterocycles. The number of anilines is 1. The predicted molar refractivity (Wildman–Crippen MR) is 126 cm³/mol. The number of carbonyl (C=O) groups excluding carboxylic acids is 3. The largest absolute Gasteiger partial charge is 0.371 e. The summed E-state index contributed by atoms with van der Waals surface area (Å²) in [7, 11) is 2.21. The molecule has 2 fully saturated rings. The highest BCUT2D eigenvalue weighted by Crippen LogP contribution is 2.32. The molecule has 0 radical (unpaired) electrons. The highest BCUT2D eigenvalue weighted by molar-refractivity contribution is 6.05. The molecule has 3 heterocycles. The van der Waals surface area contributed by atoms with E-state index in [0.29, 0.717) is 24.6 Å². The maximum absolute atomic E-state index is 12.9. The fourth-order valence-electron chi connectivity index (χ4n) is 5.32. The smallest absolute Gasteiger partial charge is 0.255 e. The summed E-state index contributed by atoms with van der Waals surface area (Å²) in [4.78, 5) is 43.1. The first-order valence-corrected chi connectivity index (χ1v) is 11.8. The van der Waals surface area contributed by atoms with Crippen LogP contribution in [-0.4, -0.2) is 59.7 Å². The van der Waals surface area contributed by atoms with Gasteiger partial charge in [0.25, 0.3) is 5.91 Å². The van der Waals surface area contributed by atoms with Gasteiger partial charge >= 0.3 is 0 Å². The summed E-state index contributed by atoms with van der Waals surface area (Å²) in [6.45, 7) is 3.34. The molecule has 2 aromatic rings. The van der Waals surface area contributed by atoms with Crippen LogP contribution in [0.2, 0.25) is 0 Å². The first-order valence-electron chi connectivity index (χ1n) is 11.8. The highest BCUT2D eigenvalue weighted by atomic mass is 16.2. The van der Waals surface area contributed by atoms with E-state index in [-0.39, 0.29) is 24.1 Å². The van der Waals surface area contributed by atoms with Gasteiger partial charge < -0.3 is 9.80 Å². The molecule has 0 saturated carbocycles. The Morgan fingerprint density at radius 1 is 1.00 bits per heavy atom. The van der Waals surface area contributed by atoms with Gasteiger partial charge in [-0.05, 0) is 55.6 Å². The van der Waals surface area contributed by atoms with Gasteiger partial charge in [-0.2, -0.15) is 0 Å². The second-order valence-corrected chi connectivity index (χ2v) is 9.36. The summed E-state index contributed by atoms with van der Waals surface area (Å²) in [5, 5.41) is 2.36. The first-order chi connectivity index (χ1) is 16.0. The van der Waals surface area contributed by atoms with Gasteiger partial charge in [0.05, 0.1) is 0 Å². The molecule has 1 N–H and O–H groups in total. The topological polar surface area (TPSA) is 73.0 Å². The van der Waals surface area contributed by atoms with Crippen LogP contribution in [-0.2, 0) is 22.7 Å². The van der Waals surface area contributed by atoms with Crippen LogP contribution in [0, 0.1) is 0 Å². The van der Waals surface area contributed by atoms with E-state index in [9.17, 15) is 14.4 Å². The van der Waals surface area contributed by atoms with Crippen molar-refractivity contribution in [1.82, 2.24) is 15.1 Å². The molecule has 5 rings (SSSR count). The van der Waals surface area contributed by atoms with E-state index in [1.54, 1.807) is 4.90 Å². The first kappa shape index (κ1) is 21.6. The van der Waals surface area contributed by atoms with Crippen LogP contribution in [0.5, 0.6) is 0 Å². The molecular weight excluding hydrogens is 416 g/mol. The number of nitrogens with zero attached hydrogens (tertiary/aromatic N) is 3. The fourth-order valence-corrected chi connectivity index (χ4v) is 5.32. The molecule has 1 unspecified atom stereocenters. The Kier molecular flexibility index (Phi) is 5.89. The molecule has 0 bridgehead atoms. The average Bonchev–Trinajstić information content (AvgIpc) is 3.15. The van der Waals surface area contributed by atoms with E-state index in [0.717, 1.165) is 43.7 Å². The monoisotopic (exact) mass is 446 g/mol. The zero-order valence-electron chi connectivity index (χ0n) is 19.0. The third-order valence-electron chi connectivity index (χ3n) is 7.23. The number of carbonyl (C=O) groups is 3. The van der Waals surface area contributed by atoms with Crippen LogP contribution in [0.3, 0.4) is 0 Å². The number of piperidine rings is 2. The van der Waals surface area contributed by atoms with Crippen LogP contribution in [0.1, 0.15) is 47.2 Å².